The van der Waals surface area contributed by atoms with Crippen LogP contribution in [0.3, 0.4) is 0 Å². The molecule has 10 heteroatoms. The minimum atomic E-state index is -0.564. The molecule has 2 N–H and O–H groups in total. The lowest BCUT2D eigenvalue weighted by Crippen LogP contribution is -2.30. The largest absolute Gasteiger partial charge is 0.494 e. The van der Waals surface area contributed by atoms with Crippen molar-refractivity contribution in [2.75, 3.05) is 24.4 Å². The van der Waals surface area contributed by atoms with Crippen LogP contribution < -0.4 is 20.3 Å². The molecule has 5 rings (SSSR count). The zero-order chi connectivity index (χ0) is 30.0. The Bertz CT molecular complexity index is 1610. The average molecular weight is 584 g/mol. The highest BCUT2D eigenvalue weighted by Gasteiger charge is 2.42. The number of nitrogens with one attached hydrogen (secondary N) is 2. The Morgan fingerprint density at radius 1 is 0.976 bits per heavy atom. The maximum atomic E-state index is 12.7. The summed E-state index contributed by atoms with van der Waals surface area (Å²) < 4.78 is 12.6. The molecule has 0 unspecified atom stereocenters. The summed E-state index contributed by atoms with van der Waals surface area (Å²) in [5.74, 6) is 0.00913. The van der Waals surface area contributed by atoms with Gasteiger partial charge in [0.1, 0.15) is 11.8 Å². The van der Waals surface area contributed by atoms with Crippen LogP contribution in [0.5, 0.6) is 5.75 Å². The van der Waals surface area contributed by atoms with Crippen molar-refractivity contribution >= 4 is 40.6 Å². The van der Waals surface area contributed by atoms with Gasteiger partial charge in [0.05, 0.1) is 37.2 Å². The van der Waals surface area contributed by atoms with Gasteiger partial charge >= 0.3 is 5.97 Å². The molecule has 1 amide bonds. The van der Waals surface area contributed by atoms with Crippen LogP contribution in [-0.2, 0) is 9.53 Å². The number of anilines is 2. The number of pyridine rings is 1. The molecule has 0 bridgehead atoms. The van der Waals surface area contributed by atoms with E-state index in [1.54, 1.807) is 25.4 Å². The van der Waals surface area contributed by atoms with Crippen molar-refractivity contribution < 1.29 is 19.1 Å². The first-order valence-electron chi connectivity index (χ1n) is 13.5. The summed E-state index contributed by atoms with van der Waals surface area (Å²) in [7, 11) is 2.94. The first kappa shape index (κ1) is 28.8. The minimum absolute atomic E-state index is 0.115. The number of hydrogen-bond acceptors (Lipinski definition) is 6. The van der Waals surface area contributed by atoms with Crippen molar-refractivity contribution in [3.8, 4) is 11.4 Å². The van der Waals surface area contributed by atoms with E-state index in [0.29, 0.717) is 22.1 Å². The molecule has 1 fully saturated rings. The van der Waals surface area contributed by atoms with Gasteiger partial charge in [0.15, 0.2) is 5.11 Å². The number of ether oxygens (including phenoxy) is 2. The van der Waals surface area contributed by atoms with E-state index in [-0.39, 0.29) is 18.0 Å². The molecule has 2 aromatic carbocycles. The molecule has 3 heterocycles. The van der Waals surface area contributed by atoms with E-state index in [9.17, 15) is 9.59 Å². The fourth-order valence-corrected chi connectivity index (χ4v) is 5.27. The fourth-order valence-electron chi connectivity index (χ4n) is 4.92. The molecule has 2 aromatic heterocycles. The lowest BCUT2D eigenvalue weighted by molar-refractivity contribution is -0.123. The molecular weight excluding hydrogens is 550 g/mol. The van der Waals surface area contributed by atoms with Crippen LogP contribution in [0.15, 0.2) is 85.2 Å². The Labute approximate surface area is 250 Å². The van der Waals surface area contributed by atoms with Gasteiger partial charge in [-0.15, -0.1) is 0 Å². The van der Waals surface area contributed by atoms with Crippen molar-refractivity contribution in [3.63, 3.8) is 0 Å². The van der Waals surface area contributed by atoms with E-state index in [4.69, 9.17) is 21.7 Å². The number of esters is 1. The van der Waals surface area contributed by atoms with Crippen molar-refractivity contribution in [3.05, 3.63) is 102 Å². The standard InChI is InChI=1S/C32H33N5O4S/c1-32(2,3)30(39)34-23-16-15-22(19-26(23)40-4)37-28(27(35-31(37)42)24-9-6-7-17-33-24)25-10-8-18-36(25)21-13-11-20(12-14-21)29(38)41-5/h6-19,27-28H,1-5H3,(H,34,39)(H,35,42)/t27-,28+/m0/s1. The molecule has 0 radical (unpaired) electrons. The van der Waals surface area contributed by atoms with Crippen molar-refractivity contribution in [1.82, 2.24) is 14.9 Å². The van der Waals surface area contributed by atoms with Gasteiger partial charge in [-0.25, -0.2) is 4.79 Å². The van der Waals surface area contributed by atoms with Gasteiger partial charge in [-0.05, 0) is 72.9 Å². The third-order valence-electron chi connectivity index (χ3n) is 7.14. The smallest absolute Gasteiger partial charge is 0.337 e. The summed E-state index contributed by atoms with van der Waals surface area (Å²) in [5.41, 5.74) is 3.93. The van der Waals surface area contributed by atoms with Gasteiger partial charge in [0.25, 0.3) is 0 Å². The SMILES string of the molecule is COC(=O)c1ccc(-n2cccc2[C@@H]2[C@H](c3ccccn3)NC(=S)N2c2ccc(NC(=O)C(C)(C)C)c(OC)c2)cc1. The summed E-state index contributed by atoms with van der Waals surface area (Å²) in [6.45, 7) is 5.58. The summed E-state index contributed by atoms with van der Waals surface area (Å²) in [6.07, 6.45) is 3.74. The van der Waals surface area contributed by atoms with Crippen LogP contribution in [-0.4, -0.2) is 40.8 Å². The second-order valence-electron chi connectivity index (χ2n) is 10.9. The molecule has 0 aliphatic carbocycles. The van der Waals surface area contributed by atoms with E-state index >= 15 is 0 Å². The highest BCUT2D eigenvalue weighted by atomic mass is 32.1. The van der Waals surface area contributed by atoms with Crippen LogP contribution in [0.2, 0.25) is 0 Å². The second-order valence-corrected chi connectivity index (χ2v) is 11.3. The molecule has 1 aliphatic heterocycles. The minimum Gasteiger partial charge on any atom is -0.494 e. The quantitative estimate of drug-likeness (QED) is 0.207. The van der Waals surface area contributed by atoms with E-state index in [0.717, 1.165) is 22.8 Å². The second kappa shape index (κ2) is 11.7. The molecule has 9 nitrogen and oxygen atoms in total. The van der Waals surface area contributed by atoms with E-state index in [2.05, 4.69) is 20.2 Å². The van der Waals surface area contributed by atoms with Gasteiger partial charge in [-0.1, -0.05) is 26.8 Å². The maximum Gasteiger partial charge on any atom is 0.337 e. The molecule has 2 atom stereocenters. The molecule has 1 aliphatic rings. The number of carbonyl (C=O) groups is 2. The summed E-state index contributed by atoms with van der Waals surface area (Å²) in [5, 5.41) is 6.98. The Kier molecular flexibility index (Phi) is 8.00. The van der Waals surface area contributed by atoms with E-state index < -0.39 is 11.4 Å². The first-order valence-corrected chi connectivity index (χ1v) is 13.9. The number of rotatable bonds is 7. The monoisotopic (exact) mass is 583 g/mol. The van der Waals surface area contributed by atoms with Gasteiger partial charge in [-0.2, -0.15) is 0 Å². The van der Waals surface area contributed by atoms with Gasteiger partial charge in [0.2, 0.25) is 5.91 Å². The number of carbonyl (C=O) groups excluding carboxylic acids is 2. The van der Waals surface area contributed by atoms with Crippen molar-refractivity contribution in [2.45, 2.75) is 32.9 Å². The lowest BCUT2D eigenvalue weighted by Gasteiger charge is -2.29. The average Bonchev–Trinajstić information content (AvgIpc) is 3.61. The number of thiocarbonyl (C=S) groups is 1. The maximum absolute atomic E-state index is 12.7. The molecule has 216 valence electrons. The van der Waals surface area contributed by atoms with Gasteiger partial charge in [0, 0.05) is 40.9 Å². The summed E-state index contributed by atoms with van der Waals surface area (Å²) in [6, 6.07) is 22.1. The van der Waals surface area contributed by atoms with Gasteiger partial charge < -0.3 is 29.6 Å². The molecule has 1 saturated heterocycles. The fraction of sp³-hybridized carbons (Fsp3) is 0.250. The zero-order valence-electron chi connectivity index (χ0n) is 24.1. The topological polar surface area (TPSA) is 97.7 Å². The molecule has 0 spiro atoms. The zero-order valence-corrected chi connectivity index (χ0v) is 24.9. The Morgan fingerprint density at radius 2 is 1.71 bits per heavy atom. The lowest BCUT2D eigenvalue weighted by atomic mass is 9.95. The van der Waals surface area contributed by atoms with E-state index in [1.165, 1.54) is 7.11 Å². The van der Waals surface area contributed by atoms with E-state index in [1.807, 2.05) is 92.5 Å². The number of hydrogen-bond donors (Lipinski definition) is 2. The van der Waals surface area contributed by atoms with Crippen LogP contribution in [0.4, 0.5) is 11.4 Å². The normalized spacial score (nSPS) is 16.6. The summed E-state index contributed by atoms with van der Waals surface area (Å²) >= 11 is 5.92. The number of methoxy groups -OCH3 is 2. The number of aromatic nitrogens is 2. The predicted molar refractivity (Wildman–Crippen MR) is 166 cm³/mol. The first-order chi connectivity index (χ1) is 20.1. The Morgan fingerprint density at radius 3 is 2.36 bits per heavy atom. The predicted octanol–water partition coefficient (Wildman–Crippen LogP) is 5.83. The number of benzene rings is 2. The summed E-state index contributed by atoms with van der Waals surface area (Å²) in [4.78, 5) is 31.4. The molecule has 42 heavy (non-hydrogen) atoms. The van der Waals surface area contributed by atoms with Crippen LogP contribution in [0, 0.1) is 5.41 Å². The number of nitrogens with zero attached hydrogens (tertiary/aromatic N) is 3. The highest BCUT2D eigenvalue weighted by Crippen LogP contribution is 2.44. The molecular formula is C32H33N5O4S. The van der Waals surface area contributed by atoms with Crippen LogP contribution in [0.1, 0.15) is 54.6 Å². The third-order valence-corrected chi connectivity index (χ3v) is 7.46. The Hall–Kier alpha value is -4.70. The third kappa shape index (κ3) is 5.58. The Balaban J connectivity index is 1.59. The van der Waals surface area contributed by atoms with Crippen LogP contribution in [0.25, 0.3) is 5.69 Å². The molecule has 4 aromatic rings. The van der Waals surface area contributed by atoms with Gasteiger partial charge in [-0.3, -0.25) is 9.78 Å². The highest BCUT2D eigenvalue weighted by molar-refractivity contribution is 7.80. The molecule has 0 saturated carbocycles. The van der Waals surface area contributed by atoms with Crippen molar-refractivity contribution in [1.29, 1.82) is 0 Å². The van der Waals surface area contributed by atoms with Crippen LogP contribution >= 0.6 is 12.2 Å². The number of amides is 1. The van der Waals surface area contributed by atoms with Crippen molar-refractivity contribution in [2.24, 2.45) is 5.41 Å².